The van der Waals surface area contributed by atoms with Gasteiger partial charge in [-0.2, -0.15) is 0 Å². The van der Waals surface area contributed by atoms with Crippen molar-refractivity contribution in [2.45, 2.75) is 13.8 Å². The Morgan fingerprint density at radius 3 is 2.62 bits per heavy atom. The molecular formula is C10H11NS2. The molecule has 1 nitrogen and oxygen atoms in total. The summed E-state index contributed by atoms with van der Waals surface area (Å²) >= 11 is 3.66. The lowest BCUT2D eigenvalue weighted by molar-refractivity contribution is 1.36. The van der Waals surface area contributed by atoms with E-state index in [0.29, 0.717) is 0 Å². The third-order valence-corrected chi connectivity index (χ3v) is 4.27. The van der Waals surface area contributed by atoms with Gasteiger partial charge in [0.2, 0.25) is 0 Å². The smallest absolute Gasteiger partial charge is 0.132 e. The number of hydrogen-bond acceptors (Lipinski definition) is 3. The van der Waals surface area contributed by atoms with Crippen LogP contribution < -0.4 is 0 Å². The Kier molecular flexibility index (Phi) is 2.65. The Bertz CT molecular complexity index is 352. The lowest BCUT2D eigenvalue weighted by Gasteiger charge is -2.13. The minimum absolute atomic E-state index is 1.12. The Labute approximate surface area is 87.0 Å². The highest BCUT2D eigenvalue weighted by molar-refractivity contribution is 8.52. The van der Waals surface area contributed by atoms with Crippen molar-refractivity contribution in [3.63, 3.8) is 0 Å². The molecule has 1 aromatic rings. The monoisotopic (exact) mass is 209 g/mol. The van der Waals surface area contributed by atoms with Crippen LogP contribution in [-0.4, -0.2) is 9.46 Å². The summed E-state index contributed by atoms with van der Waals surface area (Å²) in [6.45, 7) is 4.21. The van der Waals surface area contributed by atoms with Crippen molar-refractivity contribution >= 4 is 33.6 Å². The first-order chi connectivity index (χ1) is 6.25. The summed E-state index contributed by atoms with van der Waals surface area (Å²) in [5.74, 6) is 0. The van der Waals surface area contributed by atoms with E-state index in [1.54, 1.807) is 0 Å². The van der Waals surface area contributed by atoms with Crippen molar-refractivity contribution in [1.82, 2.24) is 0 Å². The second-order valence-corrected chi connectivity index (χ2v) is 5.63. The van der Waals surface area contributed by atoms with Crippen LogP contribution in [0, 0.1) is 13.8 Å². The molecule has 0 spiro atoms. The second kappa shape index (κ2) is 3.76. The lowest BCUT2D eigenvalue weighted by Crippen LogP contribution is -1.97. The van der Waals surface area contributed by atoms with E-state index in [-0.39, 0.29) is 0 Å². The van der Waals surface area contributed by atoms with Crippen molar-refractivity contribution in [3.05, 3.63) is 29.3 Å². The predicted octanol–water partition coefficient (Wildman–Crippen LogP) is 3.73. The normalized spacial score (nSPS) is 15.4. The maximum absolute atomic E-state index is 4.57. The van der Waals surface area contributed by atoms with Crippen molar-refractivity contribution in [3.8, 4) is 0 Å². The fourth-order valence-electron chi connectivity index (χ4n) is 1.11. The zero-order valence-corrected chi connectivity index (χ0v) is 9.34. The molecular weight excluding hydrogens is 198 g/mol. The van der Waals surface area contributed by atoms with E-state index in [4.69, 9.17) is 0 Å². The van der Waals surface area contributed by atoms with Gasteiger partial charge in [0.05, 0.1) is 10.8 Å². The number of benzene rings is 1. The van der Waals surface area contributed by atoms with Crippen molar-refractivity contribution in [2.75, 3.05) is 5.08 Å². The van der Waals surface area contributed by atoms with Gasteiger partial charge in [0.15, 0.2) is 0 Å². The number of thioether (sulfide) groups is 2. The molecule has 1 fully saturated rings. The maximum Gasteiger partial charge on any atom is 0.132 e. The van der Waals surface area contributed by atoms with Gasteiger partial charge in [-0.15, -0.1) is 0 Å². The van der Waals surface area contributed by atoms with Crippen LogP contribution in [0.3, 0.4) is 0 Å². The molecule has 0 aromatic heterocycles. The van der Waals surface area contributed by atoms with Gasteiger partial charge in [-0.3, -0.25) is 0 Å². The zero-order valence-electron chi connectivity index (χ0n) is 7.70. The summed E-state index contributed by atoms with van der Waals surface area (Å²) < 4.78 is 1.20. The molecule has 0 bridgehead atoms. The maximum atomic E-state index is 4.57. The fraction of sp³-hybridized carbons (Fsp3) is 0.300. The molecule has 0 saturated carbocycles. The van der Waals surface area contributed by atoms with E-state index >= 15 is 0 Å². The largest absolute Gasteiger partial charge is 0.235 e. The van der Waals surface area contributed by atoms with E-state index in [9.17, 15) is 0 Å². The highest BCUT2D eigenvalue weighted by atomic mass is 32.3. The average molecular weight is 209 g/mol. The zero-order chi connectivity index (χ0) is 9.26. The first-order valence-electron chi connectivity index (χ1n) is 4.17. The third-order valence-electron chi connectivity index (χ3n) is 1.94. The van der Waals surface area contributed by atoms with Crippen LogP contribution >= 0.6 is 23.5 Å². The standard InChI is InChI=1S/C10H11NS2/c1-7-3-4-8(2)9(5-7)11-10-12-6-13-10/h3-5H,6H2,1-2H3. The quantitative estimate of drug-likeness (QED) is 0.698. The first kappa shape index (κ1) is 9.16. The molecule has 0 radical (unpaired) electrons. The van der Waals surface area contributed by atoms with Gasteiger partial charge < -0.3 is 0 Å². The number of aryl methyl sites for hydroxylation is 2. The van der Waals surface area contributed by atoms with E-state index < -0.39 is 0 Å². The van der Waals surface area contributed by atoms with Gasteiger partial charge in [0.25, 0.3) is 0 Å². The number of hydrogen-bond donors (Lipinski definition) is 0. The van der Waals surface area contributed by atoms with Gasteiger partial charge in [-0.05, 0) is 31.0 Å². The third kappa shape index (κ3) is 2.09. The fourth-order valence-corrected chi connectivity index (χ4v) is 2.33. The predicted molar refractivity (Wildman–Crippen MR) is 63.1 cm³/mol. The minimum atomic E-state index is 1.12. The molecule has 1 aliphatic rings. The highest BCUT2D eigenvalue weighted by Crippen LogP contribution is 2.35. The molecule has 0 atom stereocenters. The molecule has 0 amide bonds. The molecule has 0 unspecified atom stereocenters. The van der Waals surface area contributed by atoms with Crippen LogP contribution in [0.2, 0.25) is 0 Å². The van der Waals surface area contributed by atoms with Gasteiger partial charge in [0.1, 0.15) is 4.38 Å². The Balaban J connectivity index is 2.33. The van der Waals surface area contributed by atoms with Crippen molar-refractivity contribution in [1.29, 1.82) is 0 Å². The molecule has 1 aliphatic heterocycles. The second-order valence-electron chi connectivity index (χ2n) is 3.07. The van der Waals surface area contributed by atoms with Gasteiger partial charge >= 0.3 is 0 Å². The molecule has 1 aromatic carbocycles. The lowest BCUT2D eigenvalue weighted by atomic mass is 10.1. The highest BCUT2D eigenvalue weighted by Gasteiger charge is 2.12. The number of nitrogens with zero attached hydrogens (tertiary/aromatic N) is 1. The number of rotatable bonds is 1. The molecule has 1 heterocycles. The molecule has 3 heteroatoms. The number of aliphatic imine (C=N–C) groups is 1. The SMILES string of the molecule is Cc1ccc(C)c(N=C2SCS2)c1. The van der Waals surface area contributed by atoms with Crippen molar-refractivity contribution in [2.24, 2.45) is 4.99 Å². The van der Waals surface area contributed by atoms with Crippen LogP contribution in [0.4, 0.5) is 5.69 Å². The van der Waals surface area contributed by atoms with Crippen molar-refractivity contribution < 1.29 is 0 Å². The molecule has 68 valence electrons. The molecule has 0 aliphatic carbocycles. The van der Waals surface area contributed by atoms with E-state index in [0.717, 1.165) is 10.8 Å². The van der Waals surface area contributed by atoms with Crippen LogP contribution in [0.5, 0.6) is 0 Å². The topological polar surface area (TPSA) is 12.4 Å². The van der Waals surface area contributed by atoms with E-state index in [1.165, 1.54) is 15.5 Å². The van der Waals surface area contributed by atoms with Gasteiger partial charge in [-0.1, -0.05) is 35.7 Å². The Hall–Kier alpha value is -0.410. The minimum Gasteiger partial charge on any atom is -0.235 e. The molecule has 13 heavy (non-hydrogen) atoms. The Morgan fingerprint density at radius 2 is 2.00 bits per heavy atom. The average Bonchev–Trinajstić information content (AvgIpc) is 2.03. The van der Waals surface area contributed by atoms with E-state index in [2.05, 4.69) is 37.0 Å². The molecule has 2 rings (SSSR count). The Morgan fingerprint density at radius 1 is 1.23 bits per heavy atom. The van der Waals surface area contributed by atoms with E-state index in [1.807, 2.05) is 23.5 Å². The van der Waals surface area contributed by atoms with Gasteiger partial charge in [0, 0.05) is 0 Å². The van der Waals surface area contributed by atoms with Gasteiger partial charge in [-0.25, -0.2) is 4.99 Å². The summed E-state index contributed by atoms with van der Waals surface area (Å²) in [5.41, 5.74) is 3.65. The van der Waals surface area contributed by atoms with Crippen LogP contribution in [0.1, 0.15) is 11.1 Å². The van der Waals surface area contributed by atoms with Crippen LogP contribution in [0.25, 0.3) is 0 Å². The summed E-state index contributed by atoms with van der Waals surface area (Å²) in [5, 5.41) is 1.16. The summed E-state index contributed by atoms with van der Waals surface area (Å²) in [7, 11) is 0. The molecule has 0 N–H and O–H groups in total. The van der Waals surface area contributed by atoms with Crippen LogP contribution in [0.15, 0.2) is 23.2 Å². The van der Waals surface area contributed by atoms with Crippen LogP contribution in [-0.2, 0) is 0 Å². The first-order valence-corrected chi connectivity index (χ1v) is 6.14. The molecule has 1 saturated heterocycles. The summed E-state index contributed by atoms with van der Waals surface area (Å²) in [6, 6.07) is 6.39. The summed E-state index contributed by atoms with van der Waals surface area (Å²) in [4.78, 5) is 4.57. The summed E-state index contributed by atoms with van der Waals surface area (Å²) in [6.07, 6.45) is 0.